The summed E-state index contributed by atoms with van der Waals surface area (Å²) in [6.45, 7) is 0. The number of Topliss-reactive ketones (excluding diaryl/α,β-unsaturated/α-hetero) is 1. The van der Waals surface area contributed by atoms with Crippen LogP contribution in [0.3, 0.4) is 0 Å². The normalized spacial score (nSPS) is 12.1. The van der Waals surface area contributed by atoms with Crippen LogP contribution in [0.2, 0.25) is 0 Å². The van der Waals surface area contributed by atoms with Gasteiger partial charge in [-0.1, -0.05) is 0 Å². The Morgan fingerprint density at radius 2 is 1.94 bits per heavy atom. The van der Waals surface area contributed by atoms with Crippen LogP contribution in [0.4, 0.5) is 4.39 Å². The Labute approximate surface area is 98.5 Å². The Bertz CT molecular complexity index is 403. The Morgan fingerprint density at radius 3 is 2.41 bits per heavy atom. The molecule has 2 N–H and O–H groups in total. The number of hydrogen-bond donors (Lipinski definition) is 2. The predicted molar refractivity (Wildman–Crippen MR) is 60.4 cm³/mol. The van der Waals surface area contributed by atoms with E-state index < -0.39 is 17.8 Å². The number of benzene rings is 1. The summed E-state index contributed by atoms with van der Waals surface area (Å²) in [5, 5.41) is 11.3. The van der Waals surface area contributed by atoms with E-state index in [1.807, 2.05) is 0 Å². The molecule has 1 aromatic rings. The number of aliphatic carboxylic acids is 1. The van der Waals surface area contributed by atoms with Gasteiger partial charge in [0.25, 0.3) is 0 Å². The van der Waals surface area contributed by atoms with Gasteiger partial charge in [-0.2, -0.15) is 0 Å². The summed E-state index contributed by atoms with van der Waals surface area (Å²) in [6, 6.07) is 4.64. The largest absolute Gasteiger partial charge is 0.481 e. The first-order valence-corrected chi connectivity index (χ1v) is 5.23. The third-order valence-electron chi connectivity index (χ3n) is 2.44. The second-order valence-electron chi connectivity index (χ2n) is 3.64. The summed E-state index contributed by atoms with van der Waals surface area (Å²) in [7, 11) is 1.59. The molecule has 0 radical (unpaired) electrons. The first-order valence-electron chi connectivity index (χ1n) is 5.23. The Hall–Kier alpha value is -1.75. The number of carboxylic acid groups (broad SMARTS) is 1. The molecule has 0 aliphatic carbocycles. The van der Waals surface area contributed by atoms with Crippen molar-refractivity contribution in [3.63, 3.8) is 0 Å². The zero-order valence-electron chi connectivity index (χ0n) is 9.44. The standard InChI is InChI=1S/C12H14FNO3/c1-14-10(6-7-11(15)16)12(17)8-2-4-9(13)5-3-8/h2-5,10,14H,6-7H2,1H3,(H,15,16). The van der Waals surface area contributed by atoms with Crippen molar-refractivity contribution >= 4 is 11.8 Å². The number of halogens is 1. The lowest BCUT2D eigenvalue weighted by molar-refractivity contribution is -0.137. The summed E-state index contributed by atoms with van der Waals surface area (Å²) in [6.07, 6.45) is 0.125. The average Bonchev–Trinajstić information content (AvgIpc) is 2.30. The van der Waals surface area contributed by atoms with E-state index in [1.165, 1.54) is 24.3 Å². The molecule has 1 rings (SSSR count). The van der Waals surface area contributed by atoms with Gasteiger partial charge in [0.05, 0.1) is 6.04 Å². The highest BCUT2D eigenvalue weighted by atomic mass is 19.1. The molecule has 0 aromatic heterocycles. The number of ketones is 1. The van der Waals surface area contributed by atoms with Crippen LogP contribution < -0.4 is 5.32 Å². The van der Waals surface area contributed by atoms with E-state index in [4.69, 9.17) is 5.11 Å². The first-order chi connectivity index (χ1) is 8.04. The Morgan fingerprint density at radius 1 is 1.35 bits per heavy atom. The summed E-state index contributed by atoms with van der Waals surface area (Å²) in [5.74, 6) is -1.58. The van der Waals surface area contributed by atoms with Gasteiger partial charge in [-0.05, 0) is 37.7 Å². The fourth-order valence-electron chi connectivity index (χ4n) is 1.49. The quantitative estimate of drug-likeness (QED) is 0.737. The monoisotopic (exact) mass is 239 g/mol. The molecular weight excluding hydrogens is 225 g/mol. The molecule has 1 unspecified atom stereocenters. The van der Waals surface area contributed by atoms with E-state index in [1.54, 1.807) is 7.05 Å². The molecule has 1 aromatic carbocycles. The van der Waals surface area contributed by atoms with Crippen molar-refractivity contribution in [3.8, 4) is 0 Å². The topological polar surface area (TPSA) is 66.4 Å². The summed E-state index contributed by atoms with van der Waals surface area (Å²) >= 11 is 0. The highest BCUT2D eigenvalue weighted by Crippen LogP contribution is 2.09. The van der Waals surface area contributed by atoms with Crippen molar-refractivity contribution in [3.05, 3.63) is 35.6 Å². The smallest absolute Gasteiger partial charge is 0.303 e. The van der Waals surface area contributed by atoms with Gasteiger partial charge in [0.15, 0.2) is 5.78 Å². The number of carbonyl (C=O) groups is 2. The summed E-state index contributed by atoms with van der Waals surface area (Å²) in [4.78, 5) is 22.4. The number of hydrogen-bond acceptors (Lipinski definition) is 3. The van der Waals surface area contributed by atoms with Gasteiger partial charge in [0.2, 0.25) is 0 Å². The molecule has 0 aliphatic rings. The van der Waals surface area contributed by atoms with E-state index in [0.717, 1.165) is 0 Å². The minimum atomic E-state index is -0.947. The number of likely N-dealkylation sites (N-methyl/N-ethyl adjacent to an activating group) is 1. The van der Waals surface area contributed by atoms with E-state index in [0.29, 0.717) is 5.56 Å². The van der Waals surface area contributed by atoms with Crippen LogP contribution in [0.5, 0.6) is 0 Å². The summed E-state index contributed by atoms with van der Waals surface area (Å²) in [5.41, 5.74) is 0.371. The van der Waals surface area contributed by atoms with Gasteiger partial charge < -0.3 is 10.4 Å². The fourth-order valence-corrected chi connectivity index (χ4v) is 1.49. The third kappa shape index (κ3) is 3.96. The molecule has 0 bridgehead atoms. The van der Waals surface area contributed by atoms with Gasteiger partial charge in [-0.15, -0.1) is 0 Å². The van der Waals surface area contributed by atoms with Crippen molar-refractivity contribution in [2.45, 2.75) is 18.9 Å². The van der Waals surface area contributed by atoms with Crippen LogP contribution in [0.1, 0.15) is 23.2 Å². The van der Waals surface area contributed by atoms with Crippen LogP contribution in [0.25, 0.3) is 0 Å². The van der Waals surface area contributed by atoms with Crippen LogP contribution >= 0.6 is 0 Å². The van der Waals surface area contributed by atoms with Gasteiger partial charge in [-0.3, -0.25) is 9.59 Å². The van der Waals surface area contributed by atoms with Crippen LogP contribution in [0.15, 0.2) is 24.3 Å². The molecular formula is C12H14FNO3. The second kappa shape index (κ2) is 6.10. The molecule has 0 spiro atoms. The highest BCUT2D eigenvalue weighted by molar-refractivity contribution is 6.00. The van der Waals surface area contributed by atoms with Gasteiger partial charge in [0.1, 0.15) is 5.82 Å². The molecule has 0 saturated carbocycles. The van der Waals surface area contributed by atoms with Crippen LogP contribution in [0, 0.1) is 5.82 Å². The Balaban J connectivity index is 2.71. The lowest BCUT2D eigenvalue weighted by atomic mass is 10.0. The van der Waals surface area contributed by atoms with Crippen molar-refractivity contribution in [2.24, 2.45) is 0 Å². The first kappa shape index (κ1) is 13.3. The zero-order chi connectivity index (χ0) is 12.8. The van der Waals surface area contributed by atoms with E-state index in [2.05, 4.69) is 5.32 Å². The SMILES string of the molecule is CNC(CCC(=O)O)C(=O)c1ccc(F)cc1. The molecule has 0 aliphatic heterocycles. The average molecular weight is 239 g/mol. The molecule has 5 heteroatoms. The maximum absolute atomic E-state index is 12.7. The van der Waals surface area contributed by atoms with Gasteiger partial charge in [-0.25, -0.2) is 4.39 Å². The number of rotatable bonds is 6. The number of carboxylic acids is 1. The molecule has 1 atom stereocenters. The minimum Gasteiger partial charge on any atom is -0.481 e. The number of nitrogens with one attached hydrogen (secondary N) is 1. The molecule has 0 heterocycles. The van der Waals surface area contributed by atoms with Gasteiger partial charge >= 0.3 is 5.97 Å². The predicted octanol–water partition coefficient (Wildman–Crippen LogP) is 1.46. The van der Waals surface area contributed by atoms with Crippen LogP contribution in [-0.4, -0.2) is 29.9 Å². The van der Waals surface area contributed by atoms with E-state index in [9.17, 15) is 14.0 Å². The highest BCUT2D eigenvalue weighted by Gasteiger charge is 2.19. The zero-order valence-corrected chi connectivity index (χ0v) is 9.44. The third-order valence-corrected chi connectivity index (χ3v) is 2.44. The number of carbonyl (C=O) groups excluding carboxylic acids is 1. The van der Waals surface area contributed by atoms with Crippen molar-refractivity contribution in [1.82, 2.24) is 5.32 Å². The lowest BCUT2D eigenvalue weighted by Crippen LogP contribution is -2.34. The molecule has 4 nitrogen and oxygen atoms in total. The van der Waals surface area contributed by atoms with E-state index >= 15 is 0 Å². The Kier molecular flexibility index (Phi) is 4.78. The van der Waals surface area contributed by atoms with Crippen molar-refractivity contribution in [1.29, 1.82) is 0 Å². The maximum atomic E-state index is 12.7. The molecule has 0 saturated heterocycles. The van der Waals surface area contributed by atoms with Crippen molar-refractivity contribution in [2.75, 3.05) is 7.05 Å². The van der Waals surface area contributed by atoms with Crippen LogP contribution in [-0.2, 0) is 4.79 Å². The second-order valence-corrected chi connectivity index (χ2v) is 3.64. The van der Waals surface area contributed by atoms with Gasteiger partial charge in [0, 0.05) is 12.0 Å². The van der Waals surface area contributed by atoms with Crippen molar-refractivity contribution < 1.29 is 19.1 Å². The fraction of sp³-hybridized carbons (Fsp3) is 0.333. The molecule has 17 heavy (non-hydrogen) atoms. The van der Waals surface area contributed by atoms with E-state index in [-0.39, 0.29) is 18.6 Å². The maximum Gasteiger partial charge on any atom is 0.303 e. The lowest BCUT2D eigenvalue weighted by Gasteiger charge is -2.13. The molecule has 0 amide bonds. The molecule has 92 valence electrons. The molecule has 0 fully saturated rings. The minimum absolute atomic E-state index is 0.0849. The summed E-state index contributed by atoms with van der Waals surface area (Å²) < 4.78 is 12.7.